The molecule has 0 aromatic heterocycles. The standard InChI is InChI=1S/C2H3N.C2H6OS/c1-2-3;1-4(2)3/h3H,1H2;1-2H3. The molecule has 0 aliphatic heterocycles. The van der Waals surface area contributed by atoms with Crippen molar-refractivity contribution in [3.63, 3.8) is 0 Å². The van der Waals surface area contributed by atoms with Crippen LogP contribution in [0.4, 0.5) is 0 Å². The lowest BCUT2D eigenvalue weighted by Crippen LogP contribution is -1.70. The molecule has 1 N–H and O–H groups in total. The molecule has 0 spiro atoms. The van der Waals surface area contributed by atoms with Crippen LogP contribution in [0.5, 0.6) is 0 Å². The lowest BCUT2D eigenvalue weighted by Gasteiger charge is -1.60. The van der Waals surface area contributed by atoms with E-state index in [2.05, 4.69) is 6.58 Å². The van der Waals surface area contributed by atoms with Crippen molar-refractivity contribution in [1.29, 1.82) is 5.41 Å². The number of hydrogen-bond donors (Lipinski definition) is 1. The maximum atomic E-state index is 9.56. The van der Waals surface area contributed by atoms with Crippen LogP contribution in [0.2, 0.25) is 0 Å². The summed E-state index contributed by atoms with van der Waals surface area (Å²) in [5, 5.41) is 5.85. The summed E-state index contributed by atoms with van der Waals surface area (Å²) in [5.74, 6) is 1.75. The molecule has 0 aliphatic rings. The molecule has 3 heteroatoms. The molecular formula is C4H9NOS. The van der Waals surface area contributed by atoms with Crippen molar-refractivity contribution in [2.24, 2.45) is 0 Å². The molecule has 0 atom stereocenters. The van der Waals surface area contributed by atoms with Gasteiger partial charge in [0.05, 0.1) is 0 Å². The van der Waals surface area contributed by atoms with E-state index in [1.165, 1.54) is 0 Å². The van der Waals surface area contributed by atoms with Crippen molar-refractivity contribution < 1.29 is 4.21 Å². The second-order valence-electron chi connectivity index (χ2n) is 0.918. The zero-order chi connectivity index (χ0) is 6.28. The van der Waals surface area contributed by atoms with E-state index in [1.807, 2.05) is 0 Å². The molecule has 42 valence electrons. The van der Waals surface area contributed by atoms with E-state index in [4.69, 9.17) is 5.41 Å². The van der Waals surface area contributed by atoms with Crippen molar-refractivity contribution in [3.8, 4) is 0 Å². The molecule has 2 nitrogen and oxygen atoms in total. The monoisotopic (exact) mass is 119 g/mol. The molecule has 0 bridgehead atoms. The van der Waals surface area contributed by atoms with Crippen LogP contribution in [0.25, 0.3) is 0 Å². The van der Waals surface area contributed by atoms with E-state index in [0.29, 0.717) is 0 Å². The predicted molar refractivity (Wildman–Crippen MR) is 33.3 cm³/mol. The van der Waals surface area contributed by atoms with E-state index in [9.17, 15) is 4.21 Å². The van der Waals surface area contributed by atoms with Gasteiger partial charge in [0.15, 0.2) is 0 Å². The van der Waals surface area contributed by atoms with Gasteiger partial charge in [-0.25, -0.2) is 0 Å². The minimum absolute atomic E-state index is 0.611. The van der Waals surface area contributed by atoms with Gasteiger partial charge >= 0.3 is 0 Å². The van der Waals surface area contributed by atoms with Gasteiger partial charge in [0.1, 0.15) is 0 Å². The molecule has 7 heavy (non-hydrogen) atoms. The first kappa shape index (κ1) is 9.78. The molecule has 0 aromatic rings. The Morgan fingerprint density at radius 2 is 1.71 bits per heavy atom. The first-order chi connectivity index (χ1) is 3.15. The van der Waals surface area contributed by atoms with Crippen LogP contribution in [-0.4, -0.2) is 22.6 Å². The second-order valence-corrected chi connectivity index (χ2v) is 2.40. The third kappa shape index (κ3) is 454. The third-order valence-corrected chi connectivity index (χ3v) is 0. The van der Waals surface area contributed by atoms with Gasteiger partial charge in [-0.1, -0.05) is 0 Å². The highest BCUT2D eigenvalue weighted by Gasteiger charge is 1.57. The number of rotatable bonds is 0. The van der Waals surface area contributed by atoms with Crippen LogP contribution in [0.1, 0.15) is 0 Å². The van der Waals surface area contributed by atoms with Crippen molar-refractivity contribution in [1.82, 2.24) is 0 Å². The van der Waals surface area contributed by atoms with E-state index in [-0.39, 0.29) is 0 Å². The molecule has 0 aromatic carbocycles. The van der Waals surface area contributed by atoms with E-state index >= 15 is 0 Å². The van der Waals surface area contributed by atoms with Gasteiger partial charge in [-0.15, -0.1) is 0 Å². The summed E-state index contributed by atoms with van der Waals surface area (Å²) >= 11 is 0. The van der Waals surface area contributed by atoms with Crippen molar-refractivity contribution in [2.75, 3.05) is 12.5 Å². The number of hydrogen-bond acceptors (Lipinski definition) is 2. The molecule has 0 unspecified atom stereocenters. The SMILES string of the molecule is C=C=N.CS(C)=O. The highest BCUT2D eigenvalue weighted by molar-refractivity contribution is 7.83. The fraction of sp³-hybridized carbons (Fsp3) is 0.500. The largest absolute Gasteiger partial charge is 0.260 e. The Hall–Kier alpha value is -0.400. The van der Waals surface area contributed by atoms with Crippen LogP contribution in [0.3, 0.4) is 0 Å². The Morgan fingerprint density at radius 1 is 1.71 bits per heavy atom. The average molecular weight is 119 g/mol. The van der Waals surface area contributed by atoms with E-state index < -0.39 is 10.8 Å². The second kappa shape index (κ2) is 9.14. The molecule has 0 rings (SSSR count). The molecule has 0 aliphatic carbocycles. The Labute approximate surface area is 46.2 Å². The average Bonchev–Trinajstić information content (AvgIpc) is 1.33. The molecule has 0 heterocycles. The van der Waals surface area contributed by atoms with Crippen molar-refractivity contribution in [3.05, 3.63) is 6.58 Å². The fourth-order valence-electron chi connectivity index (χ4n) is 0. The topological polar surface area (TPSA) is 40.9 Å². The Morgan fingerprint density at radius 3 is 1.71 bits per heavy atom. The van der Waals surface area contributed by atoms with Gasteiger partial charge in [-0.3, -0.25) is 9.62 Å². The minimum atomic E-state index is -0.611. The summed E-state index contributed by atoms with van der Waals surface area (Å²) < 4.78 is 9.56. The maximum absolute atomic E-state index is 9.56. The third-order valence-electron chi connectivity index (χ3n) is 0. The van der Waals surface area contributed by atoms with E-state index in [0.717, 1.165) is 0 Å². The Balaban J connectivity index is 0. The normalized spacial score (nSPS) is 6.14. The van der Waals surface area contributed by atoms with Gasteiger partial charge in [0.2, 0.25) is 0 Å². The molecule has 0 saturated heterocycles. The quantitative estimate of drug-likeness (QED) is 0.461. The highest BCUT2D eigenvalue weighted by atomic mass is 32.2. The summed E-state index contributed by atoms with van der Waals surface area (Å²) in [6.07, 6.45) is 3.28. The van der Waals surface area contributed by atoms with Gasteiger partial charge in [-0.05, 0) is 12.4 Å². The van der Waals surface area contributed by atoms with Crippen molar-refractivity contribution in [2.45, 2.75) is 0 Å². The zero-order valence-corrected chi connectivity index (χ0v) is 5.34. The predicted octanol–water partition coefficient (Wildman–Crippen LogP) is 0.416. The first-order valence-corrected chi connectivity index (χ1v) is 3.55. The summed E-state index contributed by atoms with van der Waals surface area (Å²) in [5.41, 5.74) is 0. The smallest absolute Gasteiger partial charge is 0.0148 e. The van der Waals surface area contributed by atoms with Gasteiger partial charge < -0.3 is 0 Å². The van der Waals surface area contributed by atoms with Gasteiger partial charge in [0, 0.05) is 23.3 Å². The molecule has 0 fully saturated rings. The molecule has 0 amide bonds. The molecular weight excluding hydrogens is 110 g/mol. The highest BCUT2D eigenvalue weighted by Crippen LogP contribution is 1.47. The number of nitrogens with one attached hydrogen (secondary N) is 1. The van der Waals surface area contributed by atoms with Gasteiger partial charge in [0.25, 0.3) is 0 Å². The lowest BCUT2D eigenvalue weighted by atomic mass is 11.2. The summed E-state index contributed by atoms with van der Waals surface area (Å²) in [7, 11) is -0.611. The molecule has 0 radical (unpaired) electrons. The lowest BCUT2D eigenvalue weighted by molar-refractivity contribution is 0.690. The van der Waals surface area contributed by atoms with Crippen LogP contribution in [0, 0.1) is 5.41 Å². The molecule has 0 saturated carbocycles. The van der Waals surface area contributed by atoms with Crippen LogP contribution in [-0.2, 0) is 10.8 Å². The summed E-state index contributed by atoms with van der Waals surface area (Å²) in [4.78, 5) is 0. The van der Waals surface area contributed by atoms with Gasteiger partial charge in [-0.2, -0.15) is 0 Å². The van der Waals surface area contributed by atoms with Crippen LogP contribution < -0.4 is 0 Å². The van der Waals surface area contributed by atoms with E-state index in [1.54, 1.807) is 18.4 Å². The maximum Gasteiger partial charge on any atom is 0.0148 e. The van der Waals surface area contributed by atoms with Crippen molar-refractivity contribution >= 4 is 16.7 Å². The first-order valence-electron chi connectivity index (χ1n) is 1.59. The Kier molecular flexibility index (Phi) is 12.8. The summed E-state index contributed by atoms with van der Waals surface area (Å²) in [6, 6.07) is 0. The fourth-order valence-corrected chi connectivity index (χ4v) is 0. The Bertz CT molecular complexity index is 79.7. The van der Waals surface area contributed by atoms with Crippen LogP contribution >= 0.6 is 0 Å². The summed E-state index contributed by atoms with van der Waals surface area (Å²) in [6.45, 7) is 2.90. The van der Waals surface area contributed by atoms with Crippen LogP contribution in [0.15, 0.2) is 6.58 Å². The minimum Gasteiger partial charge on any atom is -0.260 e. The zero-order valence-electron chi connectivity index (χ0n) is 4.52.